The monoisotopic (exact) mass is 399 g/mol. The normalized spacial score (nSPS) is 15.6. The fourth-order valence-electron chi connectivity index (χ4n) is 3.34. The van der Waals surface area contributed by atoms with Gasteiger partial charge in [0, 0.05) is 37.4 Å². The van der Waals surface area contributed by atoms with Crippen LogP contribution in [-0.2, 0) is 11.2 Å². The largest absolute Gasteiger partial charge is 0.494 e. The van der Waals surface area contributed by atoms with Gasteiger partial charge in [0.25, 0.3) is 0 Å². The van der Waals surface area contributed by atoms with Gasteiger partial charge in [-0.05, 0) is 43.3 Å². The highest BCUT2D eigenvalue weighted by atomic mass is 32.1. The molecular weight excluding hydrogens is 370 g/mol. The van der Waals surface area contributed by atoms with E-state index in [1.54, 1.807) is 0 Å². The molecule has 1 fully saturated rings. The lowest BCUT2D eigenvalue weighted by molar-refractivity contribution is 0.0345. The quantitative estimate of drug-likeness (QED) is 0.664. The van der Waals surface area contributed by atoms with Crippen molar-refractivity contribution in [3.8, 4) is 5.75 Å². The standard InChI is InChI=1S/C22H29N3O2S/c1-2-27-21-10-6-9-19(16-21)23-22(28)24-20(15-18-7-4-3-5-8-18)17-25-11-13-26-14-12-25/h3-10,16,20H,2,11-15,17H2,1H3,(H2,23,24,28). The molecule has 1 saturated heterocycles. The first-order valence-electron chi connectivity index (χ1n) is 9.87. The second-order valence-electron chi connectivity index (χ2n) is 6.86. The summed E-state index contributed by atoms with van der Waals surface area (Å²) in [4.78, 5) is 2.43. The van der Waals surface area contributed by atoms with Crippen molar-refractivity contribution in [2.24, 2.45) is 0 Å². The Kier molecular flexibility index (Phi) is 8.08. The van der Waals surface area contributed by atoms with E-state index in [1.165, 1.54) is 5.56 Å². The summed E-state index contributed by atoms with van der Waals surface area (Å²) in [7, 11) is 0. The Balaban J connectivity index is 1.61. The first-order valence-corrected chi connectivity index (χ1v) is 10.3. The summed E-state index contributed by atoms with van der Waals surface area (Å²) in [6, 6.07) is 18.6. The molecule has 0 amide bonds. The SMILES string of the molecule is CCOc1cccc(NC(=S)NC(Cc2ccccc2)CN2CCOCC2)c1. The zero-order chi connectivity index (χ0) is 19.6. The molecule has 5 nitrogen and oxygen atoms in total. The van der Waals surface area contributed by atoms with Gasteiger partial charge in [0.2, 0.25) is 0 Å². The van der Waals surface area contributed by atoms with Crippen molar-refractivity contribution in [1.82, 2.24) is 10.2 Å². The highest BCUT2D eigenvalue weighted by Crippen LogP contribution is 2.17. The van der Waals surface area contributed by atoms with Crippen molar-refractivity contribution in [2.75, 3.05) is 44.8 Å². The van der Waals surface area contributed by atoms with Crippen molar-refractivity contribution < 1.29 is 9.47 Å². The van der Waals surface area contributed by atoms with Crippen LogP contribution in [-0.4, -0.2) is 55.5 Å². The minimum Gasteiger partial charge on any atom is -0.494 e. The summed E-state index contributed by atoms with van der Waals surface area (Å²) in [5, 5.41) is 7.43. The van der Waals surface area contributed by atoms with E-state index in [-0.39, 0.29) is 6.04 Å². The van der Waals surface area contributed by atoms with Gasteiger partial charge in [0.15, 0.2) is 5.11 Å². The zero-order valence-corrected chi connectivity index (χ0v) is 17.2. The van der Waals surface area contributed by atoms with Crippen molar-refractivity contribution >= 4 is 23.0 Å². The van der Waals surface area contributed by atoms with Crippen LogP contribution in [0, 0.1) is 0 Å². The van der Waals surface area contributed by atoms with Gasteiger partial charge in [0.1, 0.15) is 5.75 Å². The minimum atomic E-state index is 0.218. The molecule has 0 aliphatic carbocycles. The smallest absolute Gasteiger partial charge is 0.171 e. The molecule has 28 heavy (non-hydrogen) atoms. The molecule has 2 N–H and O–H groups in total. The van der Waals surface area contributed by atoms with Crippen LogP contribution in [0.4, 0.5) is 5.69 Å². The average Bonchev–Trinajstić information content (AvgIpc) is 2.70. The second kappa shape index (κ2) is 11.0. The maximum Gasteiger partial charge on any atom is 0.171 e. The fraction of sp³-hybridized carbons (Fsp3) is 0.409. The molecule has 1 aliphatic heterocycles. The lowest BCUT2D eigenvalue weighted by Gasteiger charge is -2.31. The van der Waals surface area contributed by atoms with Crippen molar-refractivity contribution in [1.29, 1.82) is 0 Å². The third-order valence-corrected chi connectivity index (χ3v) is 4.87. The maximum atomic E-state index is 5.60. The Morgan fingerprint density at radius 1 is 1.14 bits per heavy atom. The van der Waals surface area contributed by atoms with Gasteiger partial charge in [-0.2, -0.15) is 0 Å². The molecule has 2 aromatic rings. The number of morpholine rings is 1. The lowest BCUT2D eigenvalue weighted by Crippen LogP contribution is -2.49. The molecule has 0 spiro atoms. The topological polar surface area (TPSA) is 45.8 Å². The van der Waals surface area contributed by atoms with Gasteiger partial charge < -0.3 is 20.1 Å². The van der Waals surface area contributed by atoms with Crippen LogP contribution in [0.1, 0.15) is 12.5 Å². The summed E-state index contributed by atoms with van der Waals surface area (Å²) in [5.74, 6) is 0.837. The van der Waals surface area contributed by atoms with Crippen LogP contribution in [0.15, 0.2) is 54.6 Å². The predicted molar refractivity (Wildman–Crippen MR) is 118 cm³/mol. The van der Waals surface area contributed by atoms with Crippen LogP contribution in [0.3, 0.4) is 0 Å². The minimum absolute atomic E-state index is 0.218. The number of anilines is 1. The molecule has 2 aromatic carbocycles. The van der Waals surface area contributed by atoms with E-state index in [0.29, 0.717) is 11.7 Å². The van der Waals surface area contributed by atoms with Crippen LogP contribution in [0.5, 0.6) is 5.75 Å². The molecule has 6 heteroatoms. The van der Waals surface area contributed by atoms with Gasteiger partial charge in [-0.3, -0.25) is 4.90 Å². The van der Waals surface area contributed by atoms with Crippen LogP contribution < -0.4 is 15.4 Å². The summed E-state index contributed by atoms with van der Waals surface area (Å²) < 4.78 is 11.0. The van der Waals surface area contributed by atoms with E-state index in [2.05, 4.69) is 39.8 Å². The predicted octanol–water partition coefficient (Wildman–Crippen LogP) is 3.32. The average molecular weight is 400 g/mol. The number of benzene rings is 2. The summed E-state index contributed by atoms with van der Waals surface area (Å²) >= 11 is 5.60. The van der Waals surface area contributed by atoms with Crippen LogP contribution in [0.2, 0.25) is 0 Å². The van der Waals surface area contributed by atoms with E-state index in [9.17, 15) is 0 Å². The lowest BCUT2D eigenvalue weighted by atomic mass is 10.1. The van der Waals surface area contributed by atoms with Crippen molar-refractivity contribution in [2.45, 2.75) is 19.4 Å². The van der Waals surface area contributed by atoms with Crippen molar-refractivity contribution in [3.63, 3.8) is 0 Å². The summed E-state index contributed by atoms with van der Waals surface area (Å²) in [6.45, 7) is 7.07. The summed E-state index contributed by atoms with van der Waals surface area (Å²) in [6.07, 6.45) is 0.916. The van der Waals surface area contributed by atoms with E-state index >= 15 is 0 Å². The van der Waals surface area contributed by atoms with E-state index in [4.69, 9.17) is 21.7 Å². The number of nitrogens with one attached hydrogen (secondary N) is 2. The van der Waals surface area contributed by atoms with Crippen molar-refractivity contribution in [3.05, 3.63) is 60.2 Å². The van der Waals surface area contributed by atoms with Gasteiger partial charge in [-0.25, -0.2) is 0 Å². The summed E-state index contributed by atoms with van der Waals surface area (Å²) in [5.41, 5.74) is 2.22. The van der Waals surface area contributed by atoms with Gasteiger partial charge >= 0.3 is 0 Å². The highest BCUT2D eigenvalue weighted by Gasteiger charge is 2.18. The van der Waals surface area contributed by atoms with Gasteiger partial charge in [-0.15, -0.1) is 0 Å². The van der Waals surface area contributed by atoms with Crippen LogP contribution in [0.25, 0.3) is 0 Å². The Morgan fingerprint density at radius 2 is 1.93 bits per heavy atom. The third-order valence-electron chi connectivity index (χ3n) is 4.65. The second-order valence-corrected chi connectivity index (χ2v) is 7.27. The molecule has 1 aliphatic rings. The Hall–Kier alpha value is -2.15. The van der Waals surface area contributed by atoms with Crippen LogP contribution >= 0.6 is 12.2 Å². The first-order chi connectivity index (χ1) is 13.7. The molecule has 1 unspecified atom stereocenters. The number of ether oxygens (including phenoxy) is 2. The van der Waals surface area contributed by atoms with Gasteiger partial charge in [-0.1, -0.05) is 36.4 Å². The molecule has 1 heterocycles. The highest BCUT2D eigenvalue weighted by molar-refractivity contribution is 7.80. The molecule has 0 saturated carbocycles. The Bertz CT molecular complexity index is 736. The number of hydrogen-bond donors (Lipinski definition) is 2. The maximum absolute atomic E-state index is 5.60. The van der Waals surface area contributed by atoms with Gasteiger partial charge in [0.05, 0.1) is 19.8 Å². The number of hydrogen-bond acceptors (Lipinski definition) is 4. The number of nitrogens with zero attached hydrogens (tertiary/aromatic N) is 1. The number of thiocarbonyl (C=S) groups is 1. The molecule has 0 radical (unpaired) electrons. The van der Waals surface area contributed by atoms with E-state index in [1.807, 2.05) is 37.3 Å². The molecule has 1 atom stereocenters. The molecule has 150 valence electrons. The molecular formula is C22H29N3O2S. The Labute approximate surface area is 173 Å². The van der Waals surface area contributed by atoms with E-state index < -0.39 is 0 Å². The fourth-order valence-corrected chi connectivity index (χ4v) is 3.62. The molecule has 0 aromatic heterocycles. The Morgan fingerprint density at radius 3 is 2.68 bits per heavy atom. The molecule has 3 rings (SSSR count). The first kappa shape index (κ1) is 20.6. The third kappa shape index (κ3) is 6.78. The molecule has 0 bridgehead atoms. The zero-order valence-electron chi connectivity index (χ0n) is 16.4. The number of rotatable bonds is 8. The van der Waals surface area contributed by atoms with E-state index in [0.717, 1.165) is 50.7 Å².